The van der Waals surface area contributed by atoms with Crippen LogP contribution in [0.2, 0.25) is 0 Å². The summed E-state index contributed by atoms with van der Waals surface area (Å²) < 4.78 is 41.0. The Morgan fingerprint density at radius 3 is 2.55 bits per heavy atom. The summed E-state index contributed by atoms with van der Waals surface area (Å²) in [6, 6.07) is 0.770. The van der Waals surface area contributed by atoms with E-state index >= 15 is 0 Å². The van der Waals surface area contributed by atoms with E-state index in [0.717, 1.165) is 6.07 Å². The fraction of sp³-hybridized carbons (Fsp3) is 0.235. The van der Waals surface area contributed by atoms with E-state index in [2.05, 4.69) is 30.1 Å². The van der Waals surface area contributed by atoms with Gasteiger partial charge in [-0.3, -0.25) is 4.57 Å². The SMILES string of the molecule is O=C(O)/C(=C/n1cnnc1-c1cc(C(F)(F)F)nc(C2CC2)n1)c1cncnc1. The van der Waals surface area contributed by atoms with Crippen molar-refractivity contribution >= 4 is 17.7 Å². The average Bonchev–Trinajstić information content (AvgIpc) is 3.44. The number of hydrogen-bond donors (Lipinski definition) is 1. The second-order valence-electron chi connectivity index (χ2n) is 6.31. The molecule has 12 heteroatoms. The zero-order chi connectivity index (χ0) is 20.6. The van der Waals surface area contributed by atoms with E-state index in [1.54, 1.807) is 0 Å². The molecule has 0 spiro atoms. The maximum absolute atomic E-state index is 13.3. The highest BCUT2D eigenvalue weighted by atomic mass is 19.4. The van der Waals surface area contributed by atoms with Crippen molar-refractivity contribution < 1.29 is 23.1 Å². The summed E-state index contributed by atoms with van der Waals surface area (Å²) >= 11 is 0. The van der Waals surface area contributed by atoms with E-state index in [1.807, 2.05) is 0 Å². The molecule has 0 atom stereocenters. The van der Waals surface area contributed by atoms with Crippen LogP contribution < -0.4 is 0 Å². The van der Waals surface area contributed by atoms with Gasteiger partial charge in [0.1, 0.15) is 29.9 Å². The van der Waals surface area contributed by atoms with Gasteiger partial charge in [0.25, 0.3) is 0 Å². The first-order valence-corrected chi connectivity index (χ1v) is 8.39. The summed E-state index contributed by atoms with van der Waals surface area (Å²) in [7, 11) is 0. The Labute approximate surface area is 161 Å². The molecule has 1 saturated carbocycles. The van der Waals surface area contributed by atoms with E-state index in [-0.39, 0.29) is 34.4 Å². The van der Waals surface area contributed by atoms with Crippen molar-refractivity contribution in [2.24, 2.45) is 0 Å². The minimum Gasteiger partial charge on any atom is -0.478 e. The van der Waals surface area contributed by atoms with E-state index in [1.165, 1.54) is 35.8 Å². The van der Waals surface area contributed by atoms with Crippen molar-refractivity contribution in [1.29, 1.82) is 0 Å². The van der Waals surface area contributed by atoms with Gasteiger partial charge in [-0.1, -0.05) is 0 Å². The number of rotatable bonds is 5. The Bertz CT molecular complexity index is 1090. The first-order chi connectivity index (χ1) is 13.8. The lowest BCUT2D eigenvalue weighted by molar-refractivity contribution is -0.141. The highest BCUT2D eigenvalue weighted by Crippen LogP contribution is 2.40. The highest BCUT2D eigenvalue weighted by molar-refractivity contribution is 6.19. The second kappa shape index (κ2) is 7.04. The van der Waals surface area contributed by atoms with Crippen LogP contribution in [0.15, 0.2) is 31.1 Å². The maximum Gasteiger partial charge on any atom is 0.433 e. The molecule has 0 unspecified atom stereocenters. The van der Waals surface area contributed by atoms with Crippen LogP contribution in [0.1, 0.15) is 35.8 Å². The number of alkyl halides is 3. The maximum atomic E-state index is 13.3. The molecule has 1 aliphatic rings. The van der Waals surface area contributed by atoms with Crippen LogP contribution in [0.25, 0.3) is 23.3 Å². The molecule has 0 bridgehead atoms. The molecule has 0 aliphatic heterocycles. The van der Waals surface area contributed by atoms with Gasteiger partial charge < -0.3 is 5.11 Å². The number of carbonyl (C=O) groups is 1. The summed E-state index contributed by atoms with van der Waals surface area (Å²) in [5.41, 5.74) is -1.17. The molecule has 1 N–H and O–H groups in total. The highest BCUT2D eigenvalue weighted by Gasteiger charge is 2.36. The predicted molar refractivity (Wildman–Crippen MR) is 91.9 cm³/mol. The van der Waals surface area contributed by atoms with Crippen LogP contribution in [0.5, 0.6) is 0 Å². The predicted octanol–water partition coefficient (Wildman–Crippen LogP) is 2.50. The number of aliphatic carboxylic acids is 1. The molecule has 0 aromatic carbocycles. The van der Waals surface area contributed by atoms with Crippen molar-refractivity contribution in [3.8, 4) is 11.5 Å². The monoisotopic (exact) mass is 403 g/mol. The fourth-order valence-corrected chi connectivity index (χ4v) is 2.60. The normalized spacial score (nSPS) is 14.8. The molecule has 9 nitrogen and oxygen atoms in total. The Balaban J connectivity index is 1.82. The van der Waals surface area contributed by atoms with Crippen LogP contribution >= 0.6 is 0 Å². The lowest BCUT2D eigenvalue weighted by Gasteiger charge is -2.10. The third-order valence-electron chi connectivity index (χ3n) is 4.15. The number of nitrogens with zero attached hydrogens (tertiary/aromatic N) is 7. The molecule has 0 saturated heterocycles. The zero-order valence-electron chi connectivity index (χ0n) is 14.6. The number of carboxylic acid groups (broad SMARTS) is 1. The molecule has 148 valence electrons. The Hall–Kier alpha value is -3.70. The third kappa shape index (κ3) is 3.95. The van der Waals surface area contributed by atoms with E-state index in [4.69, 9.17) is 0 Å². The van der Waals surface area contributed by atoms with Crippen LogP contribution in [-0.2, 0) is 11.0 Å². The standard InChI is InChI=1S/C17H12F3N7O2/c18-17(19,20)13-3-12(24-14(25-13)9-1-2-9)15-26-23-8-27(15)6-11(16(28)29)10-4-21-7-22-5-10/h3-9H,1-2H2,(H,28,29)/b11-6+. The van der Waals surface area contributed by atoms with Gasteiger partial charge in [-0.15, -0.1) is 10.2 Å². The van der Waals surface area contributed by atoms with Crippen LogP contribution in [-0.4, -0.2) is 45.8 Å². The van der Waals surface area contributed by atoms with E-state index < -0.39 is 17.8 Å². The molecule has 3 aromatic heterocycles. The quantitative estimate of drug-likeness (QED) is 0.646. The van der Waals surface area contributed by atoms with Crippen molar-refractivity contribution in [2.45, 2.75) is 24.9 Å². The number of halogens is 3. The lowest BCUT2D eigenvalue weighted by atomic mass is 10.1. The Morgan fingerprint density at radius 1 is 1.21 bits per heavy atom. The smallest absolute Gasteiger partial charge is 0.433 e. The Morgan fingerprint density at radius 2 is 1.93 bits per heavy atom. The van der Waals surface area contributed by atoms with Gasteiger partial charge in [-0.05, 0) is 18.9 Å². The summed E-state index contributed by atoms with van der Waals surface area (Å²) in [6.07, 6.45) is 2.96. The molecule has 1 fully saturated rings. The van der Waals surface area contributed by atoms with Gasteiger partial charge in [0.2, 0.25) is 0 Å². The van der Waals surface area contributed by atoms with Crippen molar-refractivity contribution in [2.75, 3.05) is 0 Å². The van der Waals surface area contributed by atoms with Crippen molar-refractivity contribution in [3.05, 3.63) is 48.2 Å². The van der Waals surface area contributed by atoms with Crippen LogP contribution in [0, 0.1) is 0 Å². The first-order valence-electron chi connectivity index (χ1n) is 8.39. The summed E-state index contributed by atoms with van der Waals surface area (Å²) in [4.78, 5) is 27.0. The minimum absolute atomic E-state index is 0.0459. The van der Waals surface area contributed by atoms with Gasteiger partial charge in [0.15, 0.2) is 5.82 Å². The van der Waals surface area contributed by atoms with Crippen LogP contribution in [0.3, 0.4) is 0 Å². The summed E-state index contributed by atoms with van der Waals surface area (Å²) in [6.45, 7) is 0. The Kier molecular flexibility index (Phi) is 4.53. The second-order valence-corrected chi connectivity index (χ2v) is 6.31. The van der Waals surface area contributed by atoms with Crippen molar-refractivity contribution in [1.82, 2.24) is 34.7 Å². The summed E-state index contributed by atoms with van der Waals surface area (Å²) in [5, 5.41) is 17.0. The zero-order valence-corrected chi connectivity index (χ0v) is 14.6. The molecule has 0 amide bonds. The van der Waals surface area contributed by atoms with Gasteiger partial charge in [0.05, 0.1) is 5.57 Å². The van der Waals surface area contributed by atoms with Gasteiger partial charge in [-0.25, -0.2) is 24.7 Å². The van der Waals surface area contributed by atoms with E-state index in [9.17, 15) is 23.1 Å². The molecule has 3 heterocycles. The number of hydrogen-bond acceptors (Lipinski definition) is 7. The third-order valence-corrected chi connectivity index (χ3v) is 4.15. The van der Waals surface area contributed by atoms with Crippen LogP contribution in [0.4, 0.5) is 13.2 Å². The molecular formula is C17H12F3N7O2. The lowest BCUT2D eigenvalue weighted by Crippen LogP contribution is -2.12. The largest absolute Gasteiger partial charge is 0.478 e. The van der Waals surface area contributed by atoms with Crippen molar-refractivity contribution in [3.63, 3.8) is 0 Å². The molecule has 29 heavy (non-hydrogen) atoms. The topological polar surface area (TPSA) is 120 Å². The van der Waals surface area contributed by atoms with Gasteiger partial charge in [-0.2, -0.15) is 13.2 Å². The number of carboxylic acids is 1. The fourth-order valence-electron chi connectivity index (χ4n) is 2.60. The first kappa shape index (κ1) is 18.7. The molecule has 0 radical (unpaired) electrons. The molecule has 1 aliphatic carbocycles. The molecule has 4 rings (SSSR count). The molecular weight excluding hydrogens is 391 g/mol. The van der Waals surface area contributed by atoms with E-state index in [0.29, 0.717) is 12.8 Å². The molecule has 3 aromatic rings. The number of aromatic nitrogens is 7. The summed E-state index contributed by atoms with van der Waals surface area (Å²) in [5.74, 6) is -1.37. The van der Waals surface area contributed by atoms with Gasteiger partial charge >= 0.3 is 12.1 Å². The average molecular weight is 403 g/mol. The minimum atomic E-state index is -4.66. The van der Waals surface area contributed by atoms with Gasteiger partial charge in [0, 0.05) is 30.1 Å².